The molecule has 158 valence electrons. The van der Waals surface area contributed by atoms with E-state index in [-0.39, 0.29) is 17.6 Å². The summed E-state index contributed by atoms with van der Waals surface area (Å²) in [4.78, 5) is 30.4. The Morgan fingerprint density at radius 2 is 1.76 bits per heavy atom. The molecule has 2 saturated heterocycles. The van der Waals surface area contributed by atoms with E-state index in [4.69, 9.17) is 0 Å². The van der Waals surface area contributed by atoms with Crippen molar-refractivity contribution in [1.82, 2.24) is 14.7 Å². The second kappa shape index (κ2) is 10.2. The Balaban J connectivity index is 1.52. The number of alkyl halides is 2. The number of hydrogen-bond acceptors (Lipinski definition) is 4. The summed E-state index contributed by atoms with van der Waals surface area (Å²) in [6.07, 6.45) is 4.99. The lowest BCUT2D eigenvalue weighted by Gasteiger charge is -2.34. The van der Waals surface area contributed by atoms with Crippen molar-refractivity contribution in [2.45, 2.75) is 19.5 Å². The molecule has 3 rings (SSSR count). The van der Waals surface area contributed by atoms with Crippen LogP contribution in [-0.2, 0) is 9.59 Å². The van der Waals surface area contributed by atoms with Crippen LogP contribution in [0.15, 0.2) is 28.7 Å². The smallest absolute Gasteiger partial charge is 0.387 e. The maximum absolute atomic E-state index is 12.6. The maximum atomic E-state index is 12.6. The first-order valence-electron chi connectivity index (χ1n) is 9.64. The van der Waals surface area contributed by atoms with Gasteiger partial charge in [0, 0.05) is 55.4 Å². The second-order valence-electron chi connectivity index (χ2n) is 7.08. The topological polar surface area (TPSA) is 53.1 Å². The highest BCUT2D eigenvalue weighted by molar-refractivity contribution is 9.10. The second-order valence-corrected chi connectivity index (χ2v) is 8.00. The first-order valence-corrected chi connectivity index (χ1v) is 10.4. The molecule has 2 aliphatic heterocycles. The lowest BCUT2D eigenvalue weighted by molar-refractivity contribution is -0.132. The SMILES string of the molecule is O=C(/C=C/c1cc(Br)ccc1OC(F)F)N1CCN(CC(=O)N2CCCC2)CC1. The van der Waals surface area contributed by atoms with Gasteiger partial charge in [-0.3, -0.25) is 14.5 Å². The number of amides is 2. The molecule has 6 nitrogen and oxygen atoms in total. The molecular weight excluding hydrogens is 448 g/mol. The van der Waals surface area contributed by atoms with Crippen molar-refractivity contribution in [3.63, 3.8) is 0 Å². The van der Waals surface area contributed by atoms with Crippen LogP contribution in [0.1, 0.15) is 18.4 Å². The molecule has 0 unspecified atom stereocenters. The Bertz CT molecular complexity index is 761. The van der Waals surface area contributed by atoms with E-state index in [0.29, 0.717) is 42.8 Å². The predicted octanol–water partition coefficient (Wildman–Crippen LogP) is 2.83. The zero-order valence-corrected chi connectivity index (χ0v) is 17.6. The molecule has 0 saturated carbocycles. The molecule has 0 atom stereocenters. The zero-order chi connectivity index (χ0) is 20.8. The molecule has 0 bridgehead atoms. The Kier molecular flexibility index (Phi) is 7.60. The first kappa shape index (κ1) is 21.7. The predicted molar refractivity (Wildman–Crippen MR) is 109 cm³/mol. The number of nitrogens with zero attached hydrogens (tertiary/aromatic N) is 3. The fraction of sp³-hybridized carbons (Fsp3) is 0.500. The van der Waals surface area contributed by atoms with E-state index in [1.54, 1.807) is 17.0 Å². The van der Waals surface area contributed by atoms with Crippen molar-refractivity contribution in [2.24, 2.45) is 0 Å². The van der Waals surface area contributed by atoms with E-state index >= 15 is 0 Å². The molecule has 2 fully saturated rings. The number of likely N-dealkylation sites (tertiary alicyclic amines) is 1. The van der Waals surface area contributed by atoms with Gasteiger partial charge >= 0.3 is 6.61 Å². The van der Waals surface area contributed by atoms with Crippen molar-refractivity contribution in [3.05, 3.63) is 34.3 Å². The number of piperazine rings is 1. The minimum Gasteiger partial charge on any atom is -0.434 e. The van der Waals surface area contributed by atoms with Gasteiger partial charge in [0.25, 0.3) is 0 Å². The van der Waals surface area contributed by atoms with Crippen LogP contribution in [0.5, 0.6) is 5.75 Å². The maximum Gasteiger partial charge on any atom is 0.387 e. The van der Waals surface area contributed by atoms with E-state index in [2.05, 4.69) is 25.6 Å². The van der Waals surface area contributed by atoms with Gasteiger partial charge in [-0.15, -0.1) is 0 Å². The summed E-state index contributed by atoms with van der Waals surface area (Å²) in [6.45, 7) is 1.46. The fourth-order valence-electron chi connectivity index (χ4n) is 3.50. The van der Waals surface area contributed by atoms with E-state index in [0.717, 1.165) is 25.9 Å². The van der Waals surface area contributed by atoms with Crippen molar-refractivity contribution in [3.8, 4) is 5.75 Å². The third-order valence-electron chi connectivity index (χ3n) is 5.09. The highest BCUT2D eigenvalue weighted by Crippen LogP contribution is 2.26. The summed E-state index contributed by atoms with van der Waals surface area (Å²) in [6, 6.07) is 4.64. The van der Waals surface area contributed by atoms with Crippen LogP contribution in [-0.4, -0.2) is 78.9 Å². The highest BCUT2D eigenvalue weighted by Gasteiger charge is 2.24. The molecule has 0 aromatic heterocycles. The van der Waals surface area contributed by atoms with Crippen LogP contribution in [0.2, 0.25) is 0 Å². The van der Waals surface area contributed by atoms with Crippen molar-refractivity contribution in [2.75, 3.05) is 45.8 Å². The van der Waals surface area contributed by atoms with Gasteiger partial charge in [0.2, 0.25) is 11.8 Å². The summed E-state index contributed by atoms with van der Waals surface area (Å²) >= 11 is 3.29. The Labute approximate surface area is 177 Å². The van der Waals surface area contributed by atoms with Crippen LogP contribution in [0.4, 0.5) is 8.78 Å². The van der Waals surface area contributed by atoms with Crippen molar-refractivity contribution < 1.29 is 23.1 Å². The number of halogens is 3. The average Bonchev–Trinajstić information content (AvgIpc) is 3.23. The number of carbonyl (C=O) groups excluding carboxylic acids is 2. The molecule has 2 aliphatic rings. The average molecular weight is 472 g/mol. The molecule has 0 N–H and O–H groups in total. The first-order chi connectivity index (χ1) is 13.9. The standard InChI is InChI=1S/C20H24BrF2N3O3/c21-16-4-5-17(29-20(22)23)15(13-16)3-6-18(27)26-11-9-24(10-12-26)14-19(28)25-7-1-2-8-25/h3-6,13,20H,1-2,7-12,14H2/b6-3+. The van der Waals surface area contributed by atoms with E-state index in [1.165, 1.54) is 18.2 Å². The summed E-state index contributed by atoms with van der Waals surface area (Å²) in [5.41, 5.74) is 0.392. The third kappa shape index (κ3) is 6.24. The molecule has 2 amide bonds. The minimum absolute atomic E-state index is 0.0116. The zero-order valence-electron chi connectivity index (χ0n) is 16.0. The number of benzene rings is 1. The van der Waals surface area contributed by atoms with E-state index in [9.17, 15) is 18.4 Å². The monoisotopic (exact) mass is 471 g/mol. The van der Waals surface area contributed by atoms with Gasteiger partial charge in [0.05, 0.1) is 6.54 Å². The van der Waals surface area contributed by atoms with Crippen LogP contribution in [0, 0.1) is 0 Å². The number of rotatable bonds is 6. The van der Waals surface area contributed by atoms with Crippen molar-refractivity contribution in [1.29, 1.82) is 0 Å². The normalized spacial score (nSPS) is 18.1. The van der Waals surface area contributed by atoms with Gasteiger partial charge in [0.1, 0.15) is 5.75 Å². The number of hydrogen-bond donors (Lipinski definition) is 0. The Morgan fingerprint density at radius 1 is 1.07 bits per heavy atom. The third-order valence-corrected chi connectivity index (χ3v) is 5.59. The quantitative estimate of drug-likeness (QED) is 0.598. The summed E-state index contributed by atoms with van der Waals surface area (Å²) < 4.78 is 30.3. The summed E-state index contributed by atoms with van der Waals surface area (Å²) in [5, 5.41) is 0. The molecule has 29 heavy (non-hydrogen) atoms. The minimum atomic E-state index is -2.93. The Morgan fingerprint density at radius 3 is 2.41 bits per heavy atom. The number of ether oxygens (including phenoxy) is 1. The molecular formula is C20H24BrF2N3O3. The van der Waals surface area contributed by atoms with Crippen LogP contribution in [0.3, 0.4) is 0 Å². The van der Waals surface area contributed by atoms with Crippen LogP contribution < -0.4 is 4.74 Å². The van der Waals surface area contributed by atoms with Gasteiger partial charge in [-0.2, -0.15) is 8.78 Å². The molecule has 0 aliphatic carbocycles. The number of carbonyl (C=O) groups is 2. The van der Waals surface area contributed by atoms with Gasteiger partial charge < -0.3 is 14.5 Å². The molecule has 1 aromatic rings. The van der Waals surface area contributed by atoms with Gasteiger partial charge in [-0.25, -0.2) is 0 Å². The molecule has 0 spiro atoms. The van der Waals surface area contributed by atoms with Crippen molar-refractivity contribution >= 4 is 33.8 Å². The van der Waals surface area contributed by atoms with Crippen LogP contribution in [0.25, 0.3) is 6.08 Å². The van der Waals surface area contributed by atoms with Gasteiger partial charge in [-0.05, 0) is 37.1 Å². The highest BCUT2D eigenvalue weighted by atomic mass is 79.9. The summed E-state index contributed by atoms with van der Waals surface area (Å²) in [5.74, 6) is -0.0284. The van der Waals surface area contributed by atoms with Gasteiger partial charge in [-0.1, -0.05) is 15.9 Å². The molecule has 1 aromatic carbocycles. The fourth-order valence-corrected chi connectivity index (χ4v) is 3.88. The largest absolute Gasteiger partial charge is 0.434 e. The lowest BCUT2D eigenvalue weighted by Crippen LogP contribution is -2.51. The lowest BCUT2D eigenvalue weighted by atomic mass is 10.2. The summed E-state index contributed by atoms with van der Waals surface area (Å²) in [7, 11) is 0. The molecule has 2 heterocycles. The van der Waals surface area contributed by atoms with Gasteiger partial charge in [0.15, 0.2) is 0 Å². The van der Waals surface area contributed by atoms with E-state index in [1.807, 2.05) is 4.90 Å². The van der Waals surface area contributed by atoms with E-state index < -0.39 is 6.61 Å². The molecule has 9 heteroatoms. The van der Waals surface area contributed by atoms with Crippen LogP contribution >= 0.6 is 15.9 Å². The Hall–Kier alpha value is -2.00. The molecule has 0 radical (unpaired) electrons.